The molecule has 7 heteroatoms. The maximum atomic E-state index is 12.9. The average molecular weight is 297 g/mol. The number of halogens is 2. The fourth-order valence-electron chi connectivity index (χ4n) is 2.03. The molecule has 1 amide bonds. The van der Waals surface area contributed by atoms with Crippen LogP contribution in [0.2, 0.25) is 0 Å². The number of hydrogen-bond donors (Lipinski definition) is 4. The molecular weight excluding hydrogens is 280 g/mol. The Morgan fingerprint density at radius 2 is 2.14 bits per heavy atom. The highest BCUT2D eigenvalue weighted by molar-refractivity contribution is 5.86. The molecule has 0 radical (unpaired) electrons. The number of fused-ring (bicyclic) bond motifs is 1. The first-order valence-corrected chi connectivity index (χ1v) is 6.50. The van der Waals surface area contributed by atoms with E-state index in [-0.39, 0.29) is 6.42 Å². The summed E-state index contributed by atoms with van der Waals surface area (Å²) in [7, 11) is 0. The number of nitrogens with two attached hydrogens (primary N) is 1. The monoisotopic (exact) mass is 297 g/mol. The Balaban J connectivity index is 1.98. The second-order valence-corrected chi connectivity index (χ2v) is 4.90. The number of H-pyrrole nitrogens is 1. The lowest BCUT2D eigenvalue weighted by molar-refractivity contribution is -0.125. The maximum Gasteiger partial charge on any atom is 0.287 e. The predicted octanol–water partition coefficient (Wildman–Crippen LogP) is 0.781. The molecule has 1 atom stereocenters. The third-order valence-electron chi connectivity index (χ3n) is 3.20. The lowest BCUT2D eigenvalue weighted by atomic mass is 10.1. The molecule has 2 aromatic rings. The Morgan fingerprint density at radius 3 is 2.86 bits per heavy atom. The van der Waals surface area contributed by atoms with Gasteiger partial charge in [0.05, 0.1) is 12.6 Å². The van der Waals surface area contributed by atoms with Crippen LogP contribution in [-0.4, -0.2) is 41.1 Å². The molecule has 5 nitrogen and oxygen atoms in total. The molecule has 0 saturated heterocycles. The third-order valence-corrected chi connectivity index (χ3v) is 3.20. The predicted molar refractivity (Wildman–Crippen MR) is 75.0 cm³/mol. The fourth-order valence-corrected chi connectivity index (χ4v) is 2.03. The van der Waals surface area contributed by atoms with Crippen molar-refractivity contribution in [3.05, 3.63) is 36.0 Å². The number of alkyl halides is 2. The van der Waals surface area contributed by atoms with E-state index < -0.39 is 31.0 Å². The van der Waals surface area contributed by atoms with Gasteiger partial charge in [-0.3, -0.25) is 4.79 Å². The molecule has 1 aromatic carbocycles. The smallest absolute Gasteiger partial charge is 0.287 e. The molecule has 0 aliphatic carbocycles. The van der Waals surface area contributed by atoms with Crippen molar-refractivity contribution in [3.8, 4) is 0 Å². The highest BCUT2D eigenvalue weighted by Gasteiger charge is 2.29. The number of carbonyl (C=O) groups is 1. The number of aromatic nitrogens is 1. The van der Waals surface area contributed by atoms with Crippen LogP contribution in [0.5, 0.6) is 0 Å². The largest absolute Gasteiger partial charge is 0.390 e. The lowest BCUT2D eigenvalue weighted by Crippen LogP contribution is -2.47. The first kappa shape index (κ1) is 15.4. The third kappa shape index (κ3) is 3.77. The van der Waals surface area contributed by atoms with Gasteiger partial charge in [-0.2, -0.15) is 0 Å². The van der Waals surface area contributed by atoms with E-state index in [1.54, 1.807) is 6.20 Å². The zero-order valence-corrected chi connectivity index (χ0v) is 11.3. The summed E-state index contributed by atoms with van der Waals surface area (Å²) in [5.41, 5.74) is 7.51. The van der Waals surface area contributed by atoms with Crippen LogP contribution in [0.15, 0.2) is 30.5 Å². The van der Waals surface area contributed by atoms with Gasteiger partial charge in [-0.05, 0) is 18.1 Å². The van der Waals surface area contributed by atoms with Crippen LogP contribution in [0.1, 0.15) is 5.56 Å². The number of hydrogen-bond acceptors (Lipinski definition) is 3. The molecule has 114 valence electrons. The number of aliphatic hydroxyl groups excluding tert-OH is 1. The van der Waals surface area contributed by atoms with Crippen LogP contribution < -0.4 is 11.1 Å². The normalized spacial score (nSPS) is 13.3. The minimum atomic E-state index is -3.34. The van der Waals surface area contributed by atoms with E-state index in [0.29, 0.717) is 0 Å². The molecule has 21 heavy (non-hydrogen) atoms. The number of nitrogens with one attached hydrogen (secondary N) is 2. The summed E-state index contributed by atoms with van der Waals surface area (Å²) >= 11 is 0. The van der Waals surface area contributed by atoms with Crippen molar-refractivity contribution >= 4 is 16.8 Å². The first-order chi connectivity index (χ1) is 9.93. The highest BCUT2D eigenvalue weighted by Crippen LogP contribution is 2.18. The van der Waals surface area contributed by atoms with Gasteiger partial charge in [0.1, 0.15) is 6.61 Å². The van der Waals surface area contributed by atoms with Crippen molar-refractivity contribution in [1.82, 2.24) is 10.3 Å². The summed E-state index contributed by atoms with van der Waals surface area (Å²) in [5, 5.41) is 11.4. The molecule has 5 N–H and O–H groups in total. The molecule has 0 unspecified atom stereocenters. The number of aliphatic hydroxyl groups is 1. The number of carbonyl (C=O) groups excluding carboxylic acids is 1. The standard InChI is InChI=1S/C14H17F2N3O2/c15-14(16,8-20)7-19-13(21)11(17)5-9-6-18-12-4-2-1-3-10(9)12/h1-4,6,11,18,20H,5,7-8,17H2,(H,19,21)/t11-/m0/s1. The summed E-state index contributed by atoms with van der Waals surface area (Å²) in [6.45, 7) is -2.24. The zero-order chi connectivity index (χ0) is 15.5. The van der Waals surface area contributed by atoms with E-state index in [1.165, 1.54) is 0 Å². The summed E-state index contributed by atoms with van der Waals surface area (Å²) in [6.07, 6.45) is 1.99. The molecule has 0 spiro atoms. The Kier molecular flexibility index (Phi) is 4.54. The number of aromatic amines is 1. The van der Waals surface area contributed by atoms with Crippen LogP contribution in [-0.2, 0) is 11.2 Å². The summed E-state index contributed by atoms with van der Waals surface area (Å²) < 4.78 is 25.7. The van der Waals surface area contributed by atoms with Gasteiger partial charge in [0.15, 0.2) is 0 Å². The van der Waals surface area contributed by atoms with Gasteiger partial charge in [-0.15, -0.1) is 0 Å². The van der Waals surface area contributed by atoms with Gasteiger partial charge in [0.25, 0.3) is 5.92 Å². The van der Waals surface area contributed by atoms with Gasteiger partial charge in [0.2, 0.25) is 5.91 Å². The van der Waals surface area contributed by atoms with Crippen molar-refractivity contribution in [3.63, 3.8) is 0 Å². The Hall–Kier alpha value is -1.99. The van der Waals surface area contributed by atoms with Gasteiger partial charge >= 0.3 is 0 Å². The Bertz CT molecular complexity index is 627. The van der Waals surface area contributed by atoms with Crippen molar-refractivity contribution < 1.29 is 18.7 Å². The molecule has 0 aliphatic heterocycles. The SMILES string of the molecule is N[C@@H](Cc1c[nH]c2ccccc12)C(=O)NCC(F)(F)CO. The lowest BCUT2D eigenvalue weighted by Gasteiger charge is -2.16. The van der Waals surface area contributed by atoms with Crippen molar-refractivity contribution in [2.45, 2.75) is 18.4 Å². The van der Waals surface area contributed by atoms with Crippen LogP contribution in [0.3, 0.4) is 0 Å². The molecule has 0 saturated carbocycles. The van der Waals surface area contributed by atoms with Crippen LogP contribution in [0.25, 0.3) is 10.9 Å². The summed E-state index contributed by atoms with van der Waals surface area (Å²) in [6, 6.07) is 6.61. The van der Waals surface area contributed by atoms with Crippen LogP contribution in [0, 0.1) is 0 Å². The highest BCUT2D eigenvalue weighted by atomic mass is 19.3. The van der Waals surface area contributed by atoms with E-state index >= 15 is 0 Å². The van der Waals surface area contributed by atoms with E-state index in [2.05, 4.69) is 4.98 Å². The van der Waals surface area contributed by atoms with E-state index in [4.69, 9.17) is 10.8 Å². The van der Waals surface area contributed by atoms with E-state index in [0.717, 1.165) is 16.5 Å². The minimum absolute atomic E-state index is 0.237. The second kappa shape index (κ2) is 6.19. The first-order valence-electron chi connectivity index (χ1n) is 6.50. The number of para-hydroxylation sites is 1. The minimum Gasteiger partial charge on any atom is -0.390 e. The van der Waals surface area contributed by atoms with E-state index in [9.17, 15) is 13.6 Å². The van der Waals surface area contributed by atoms with Crippen molar-refractivity contribution in [2.24, 2.45) is 5.73 Å². The molecule has 0 aliphatic rings. The zero-order valence-electron chi connectivity index (χ0n) is 11.3. The van der Waals surface area contributed by atoms with Gasteiger partial charge < -0.3 is 21.1 Å². The van der Waals surface area contributed by atoms with Crippen LogP contribution in [0.4, 0.5) is 8.78 Å². The maximum absolute atomic E-state index is 12.9. The van der Waals surface area contributed by atoms with Gasteiger partial charge in [0, 0.05) is 17.1 Å². The summed E-state index contributed by atoms with van der Waals surface area (Å²) in [4.78, 5) is 14.8. The Morgan fingerprint density at radius 1 is 1.43 bits per heavy atom. The molecule has 2 rings (SSSR count). The number of rotatable bonds is 6. The van der Waals surface area contributed by atoms with Crippen molar-refractivity contribution in [2.75, 3.05) is 13.2 Å². The fraction of sp³-hybridized carbons (Fsp3) is 0.357. The molecule has 0 bridgehead atoms. The van der Waals surface area contributed by atoms with Gasteiger partial charge in [-0.1, -0.05) is 18.2 Å². The molecular formula is C14H17F2N3O2. The quantitative estimate of drug-likeness (QED) is 0.635. The Labute approximate surface area is 120 Å². The number of benzene rings is 1. The molecule has 0 fully saturated rings. The van der Waals surface area contributed by atoms with Crippen LogP contribution >= 0.6 is 0 Å². The second-order valence-electron chi connectivity index (χ2n) is 4.90. The molecule has 1 aromatic heterocycles. The van der Waals surface area contributed by atoms with Crippen molar-refractivity contribution in [1.29, 1.82) is 0 Å². The van der Waals surface area contributed by atoms with E-state index in [1.807, 2.05) is 29.6 Å². The molecule has 1 heterocycles. The number of amides is 1. The topological polar surface area (TPSA) is 91.1 Å². The average Bonchev–Trinajstić information content (AvgIpc) is 2.88. The van der Waals surface area contributed by atoms with Gasteiger partial charge in [-0.25, -0.2) is 8.78 Å². The summed E-state index contributed by atoms with van der Waals surface area (Å²) in [5.74, 6) is -4.01.